The largest absolute Gasteiger partial charge is 0.486 e. The van der Waals surface area contributed by atoms with Crippen LogP contribution in [0.5, 0.6) is 11.5 Å². The molecule has 25 heavy (non-hydrogen) atoms. The molecule has 2 aromatic heterocycles. The quantitative estimate of drug-likeness (QED) is 0.730. The van der Waals surface area contributed by atoms with E-state index < -0.39 is 0 Å². The fraction of sp³-hybridized carbons (Fsp3) is 0.235. The van der Waals surface area contributed by atoms with Crippen LogP contribution < -0.4 is 14.8 Å². The summed E-state index contributed by atoms with van der Waals surface area (Å²) in [5.41, 5.74) is 1.88. The van der Waals surface area contributed by atoms with Crippen molar-refractivity contribution in [3.8, 4) is 11.5 Å². The second-order valence-corrected chi connectivity index (χ2v) is 6.78. The summed E-state index contributed by atoms with van der Waals surface area (Å²) >= 11 is 1.54. The molecule has 0 saturated carbocycles. The number of hydrogen-bond donors (Lipinski definition) is 1. The first-order chi connectivity index (χ1) is 12.1. The van der Waals surface area contributed by atoms with Gasteiger partial charge in [0.05, 0.1) is 5.69 Å². The van der Waals surface area contributed by atoms with Gasteiger partial charge in [0.2, 0.25) is 4.96 Å². The molecule has 1 amide bonds. The van der Waals surface area contributed by atoms with Gasteiger partial charge in [0.25, 0.3) is 11.9 Å². The first kappa shape index (κ1) is 15.6. The number of anilines is 1. The van der Waals surface area contributed by atoms with Crippen LogP contribution in [0.2, 0.25) is 0 Å². The maximum absolute atomic E-state index is 12.1. The number of aryl methyl sites for hydroxylation is 2. The van der Waals surface area contributed by atoms with E-state index in [1.54, 1.807) is 21.9 Å². The van der Waals surface area contributed by atoms with Gasteiger partial charge in [-0.3, -0.25) is 10.1 Å². The number of carbonyl (C=O) groups excluding carboxylic acids is 1. The summed E-state index contributed by atoms with van der Waals surface area (Å²) in [4.78, 5) is 18.3. The van der Waals surface area contributed by atoms with E-state index in [9.17, 15) is 4.79 Å². The van der Waals surface area contributed by atoms with Crippen LogP contribution >= 0.6 is 11.3 Å². The van der Waals surface area contributed by atoms with E-state index in [1.165, 1.54) is 6.08 Å². The highest BCUT2D eigenvalue weighted by Gasteiger charge is 2.12. The van der Waals surface area contributed by atoms with Crippen LogP contribution in [-0.4, -0.2) is 33.7 Å². The number of hydrogen-bond acceptors (Lipinski definition) is 6. The second kappa shape index (κ2) is 6.21. The number of fused-ring (bicyclic) bond motifs is 2. The van der Waals surface area contributed by atoms with Gasteiger partial charge in [0.15, 0.2) is 11.5 Å². The standard InChI is InChI=1S/C17H16N4O3S/c1-10-11(2)25-17-19-16(20-21(10)17)18-15(22)6-4-12-3-5-13-14(9-12)24-8-7-23-13/h3-6,9H,7-8H2,1-2H3,(H,18,20,22)/b6-4-. The predicted octanol–water partition coefficient (Wildman–Crippen LogP) is 2.83. The van der Waals surface area contributed by atoms with E-state index in [4.69, 9.17) is 9.47 Å². The van der Waals surface area contributed by atoms with Crippen molar-refractivity contribution < 1.29 is 14.3 Å². The highest BCUT2D eigenvalue weighted by atomic mass is 32.1. The Labute approximate surface area is 147 Å². The molecule has 0 unspecified atom stereocenters. The average Bonchev–Trinajstić information content (AvgIpc) is 3.11. The minimum absolute atomic E-state index is 0.289. The Morgan fingerprint density at radius 2 is 2.08 bits per heavy atom. The number of benzene rings is 1. The number of ether oxygens (including phenoxy) is 2. The topological polar surface area (TPSA) is 77.8 Å². The van der Waals surface area contributed by atoms with Crippen LogP contribution in [0, 0.1) is 13.8 Å². The number of thiazole rings is 1. The van der Waals surface area contributed by atoms with Gasteiger partial charge in [-0.25, -0.2) is 4.52 Å². The Hall–Kier alpha value is -2.87. The number of nitrogens with zero attached hydrogens (tertiary/aromatic N) is 3. The van der Waals surface area contributed by atoms with Gasteiger partial charge in [-0.15, -0.1) is 5.10 Å². The van der Waals surface area contributed by atoms with E-state index in [0.717, 1.165) is 26.8 Å². The van der Waals surface area contributed by atoms with Crippen molar-refractivity contribution >= 4 is 34.2 Å². The van der Waals surface area contributed by atoms with Crippen LogP contribution in [0.3, 0.4) is 0 Å². The lowest BCUT2D eigenvalue weighted by Gasteiger charge is -2.18. The SMILES string of the molecule is Cc1sc2nc(NC(=O)/C=C\c3ccc4c(c3)OCCO4)nn2c1C. The van der Waals surface area contributed by atoms with E-state index in [-0.39, 0.29) is 5.91 Å². The van der Waals surface area contributed by atoms with Gasteiger partial charge < -0.3 is 9.47 Å². The highest BCUT2D eigenvalue weighted by molar-refractivity contribution is 7.17. The maximum Gasteiger partial charge on any atom is 0.250 e. The Kier molecular flexibility index (Phi) is 3.89. The summed E-state index contributed by atoms with van der Waals surface area (Å²) in [6.45, 7) is 5.08. The van der Waals surface area contributed by atoms with Crippen molar-refractivity contribution in [2.45, 2.75) is 13.8 Å². The third-order valence-electron chi connectivity index (χ3n) is 3.88. The summed E-state index contributed by atoms with van der Waals surface area (Å²) in [5, 5.41) is 6.98. The Balaban J connectivity index is 1.46. The van der Waals surface area contributed by atoms with E-state index in [2.05, 4.69) is 15.4 Å². The minimum atomic E-state index is -0.289. The zero-order chi connectivity index (χ0) is 17.4. The smallest absolute Gasteiger partial charge is 0.250 e. The Morgan fingerprint density at radius 1 is 1.28 bits per heavy atom. The normalized spacial score (nSPS) is 13.5. The zero-order valence-electron chi connectivity index (χ0n) is 13.8. The van der Waals surface area contributed by atoms with Crippen molar-refractivity contribution in [3.63, 3.8) is 0 Å². The fourth-order valence-electron chi connectivity index (χ4n) is 2.48. The first-order valence-corrected chi connectivity index (χ1v) is 8.63. The molecule has 1 aliphatic rings. The van der Waals surface area contributed by atoms with Gasteiger partial charge in [-0.2, -0.15) is 4.98 Å². The van der Waals surface area contributed by atoms with Crippen LogP contribution in [0.15, 0.2) is 24.3 Å². The molecule has 1 aromatic carbocycles. The van der Waals surface area contributed by atoms with Gasteiger partial charge in [-0.1, -0.05) is 17.4 Å². The zero-order valence-corrected chi connectivity index (χ0v) is 14.6. The summed E-state index contributed by atoms with van der Waals surface area (Å²) in [6, 6.07) is 5.55. The molecular weight excluding hydrogens is 340 g/mol. The van der Waals surface area contributed by atoms with Gasteiger partial charge in [0, 0.05) is 11.0 Å². The molecule has 3 aromatic rings. The van der Waals surface area contributed by atoms with Crippen LogP contribution in [0.1, 0.15) is 16.1 Å². The molecule has 0 atom stereocenters. The number of nitrogens with one attached hydrogen (secondary N) is 1. The maximum atomic E-state index is 12.1. The molecule has 0 spiro atoms. The summed E-state index contributed by atoms with van der Waals surface area (Å²) in [6.07, 6.45) is 3.15. The molecular formula is C17H16N4O3S. The molecule has 1 aliphatic heterocycles. The second-order valence-electron chi connectivity index (χ2n) is 5.60. The van der Waals surface area contributed by atoms with Crippen molar-refractivity contribution in [1.82, 2.24) is 14.6 Å². The van der Waals surface area contributed by atoms with Crippen molar-refractivity contribution in [3.05, 3.63) is 40.4 Å². The fourth-order valence-corrected chi connectivity index (χ4v) is 3.39. The molecule has 0 bridgehead atoms. The van der Waals surface area contributed by atoms with Crippen LogP contribution in [-0.2, 0) is 4.79 Å². The van der Waals surface area contributed by atoms with Gasteiger partial charge >= 0.3 is 0 Å². The summed E-state index contributed by atoms with van der Waals surface area (Å²) < 4.78 is 12.7. The number of aromatic nitrogens is 3. The summed E-state index contributed by atoms with van der Waals surface area (Å²) in [5.74, 6) is 1.42. The molecule has 8 heteroatoms. The highest BCUT2D eigenvalue weighted by Crippen LogP contribution is 2.31. The molecule has 3 heterocycles. The lowest BCUT2D eigenvalue weighted by Crippen LogP contribution is -2.15. The molecule has 128 valence electrons. The number of carbonyl (C=O) groups is 1. The third-order valence-corrected chi connectivity index (χ3v) is 4.93. The third kappa shape index (κ3) is 3.08. The molecule has 7 nitrogen and oxygen atoms in total. The van der Waals surface area contributed by atoms with Crippen molar-refractivity contribution in [2.75, 3.05) is 18.5 Å². The molecule has 1 N–H and O–H groups in total. The van der Waals surface area contributed by atoms with Crippen molar-refractivity contribution in [1.29, 1.82) is 0 Å². The average molecular weight is 356 g/mol. The molecule has 0 aliphatic carbocycles. The van der Waals surface area contributed by atoms with Crippen molar-refractivity contribution in [2.24, 2.45) is 0 Å². The molecule has 4 rings (SSSR count). The van der Waals surface area contributed by atoms with E-state index in [1.807, 2.05) is 32.0 Å². The molecule has 0 saturated heterocycles. The molecule has 0 fully saturated rings. The summed E-state index contributed by atoms with van der Waals surface area (Å²) in [7, 11) is 0. The van der Waals surface area contributed by atoms with Gasteiger partial charge in [0.1, 0.15) is 13.2 Å². The number of amides is 1. The monoisotopic (exact) mass is 356 g/mol. The Morgan fingerprint density at radius 3 is 2.88 bits per heavy atom. The lowest BCUT2D eigenvalue weighted by atomic mass is 10.2. The predicted molar refractivity (Wildman–Crippen MR) is 95.4 cm³/mol. The first-order valence-electron chi connectivity index (χ1n) is 7.81. The van der Waals surface area contributed by atoms with Crippen LogP contribution in [0.25, 0.3) is 11.0 Å². The number of rotatable bonds is 3. The van der Waals surface area contributed by atoms with Crippen LogP contribution in [0.4, 0.5) is 5.95 Å². The minimum Gasteiger partial charge on any atom is -0.486 e. The van der Waals surface area contributed by atoms with E-state index in [0.29, 0.717) is 24.9 Å². The molecule has 0 radical (unpaired) electrons. The van der Waals surface area contributed by atoms with Gasteiger partial charge in [-0.05, 0) is 37.6 Å². The lowest BCUT2D eigenvalue weighted by molar-refractivity contribution is -0.111. The Bertz CT molecular complexity index is 989. The van der Waals surface area contributed by atoms with E-state index >= 15 is 0 Å².